The Balaban J connectivity index is 4.21. The molecule has 0 aliphatic rings. The Hall–Kier alpha value is -1.36. The van der Waals surface area contributed by atoms with Crippen molar-refractivity contribution in [1.82, 2.24) is 0 Å². The Morgan fingerprint density at radius 1 is 0.350 bits per heavy atom. The predicted molar refractivity (Wildman–Crippen MR) is 261 cm³/mol. The summed E-state index contributed by atoms with van der Waals surface area (Å²) in [5.41, 5.74) is 0. The number of ether oxygens (including phenoxy) is 3. The zero-order valence-corrected chi connectivity index (χ0v) is 41.0. The van der Waals surface area contributed by atoms with Gasteiger partial charge in [-0.15, -0.1) is 0 Å². The Morgan fingerprint density at radius 3 is 1.03 bits per heavy atom. The van der Waals surface area contributed by atoms with Crippen LogP contribution in [0.25, 0.3) is 0 Å². The molecule has 60 heavy (non-hydrogen) atoms. The third-order valence-electron chi connectivity index (χ3n) is 12.3. The number of carbonyl (C=O) groups excluding carboxylic acids is 2. The minimum absolute atomic E-state index is 0.0933. The average molecular weight is 847 g/mol. The second-order valence-electron chi connectivity index (χ2n) is 18.5. The lowest BCUT2D eigenvalue weighted by atomic mass is 10.0. The van der Waals surface area contributed by atoms with E-state index >= 15 is 0 Å². The molecule has 0 saturated carbocycles. The van der Waals surface area contributed by atoms with Crippen LogP contribution in [0, 0.1) is 0 Å². The van der Waals surface area contributed by atoms with Crippen LogP contribution in [-0.2, 0) is 23.8 Å². The maximum atomic E-state index is 12.8. The van der Waals surface area contributed by atoms with Crippen molar-refractivity contribution >= 4 is 11.9 Å². The van der Waals surface area contributed by atoms with Gasteiger partial charge in [-0.2, -0.15) is 0 Å². The van der Waals surface area contributed by atoms with Crippen molar-refractivity contribution < 1.29 is 23.8 Å². The van der Waals surface area contributed by atoms with E-state index in [0.717, 1.165) is 32.1 Å². The summed E-state index contributed by atoms with van der Waals surface area (Å²) in [6, 6.07) is 0. The van der Waals surface area contributed by atoms with E-state index in [1.54, 1.807) is 0 Å². The van der Waals surface area contributed by atoms with E-state index < -0.39 is 6.10 Å². The van der Waals surface area contributed by atoms with Crippen molar-refractivity contribution in [2.24, 2.45) is 0 Å². The lowest BCUT2D eigenvalue weighted by molar-refractivity contribution is -0.163. The van der Waals surface area contributed by atoms with Gasteiger partial charge in [0, 0.05) is 19.4 Å². The van der Waals surface area contributed by atoms with Crippen molar-refractivity contribution in [2.75, 3.05) is 19.8 Å². The quantitative estimate of drug-likeness (QED) is 0.0347. The highest BCUT2D eigenvalue weighted by atomic mass is 16.6. The standard InChI is InChI=1S/C55H106O5/c1-4-7-10-13-16-19-22-25-27-29-32-35-38-41-44-47-50-58-51-53(52-59-54(56)48-45-42-39-36-33-30-24-21-18-15-12-9-6-3)60-55(57)49-46-43-40-37-34-31-28-26-23-20-17-14-11-8-5-2/h20,23,53H,4-19,21-22,24-52H2,1-3H3/b23-20-/t53-/m1/s1. The molecule has 0 N–H and O–H groups in total. The summed E-state index contributed by atoms with van der Waals surface area (Å²) in [6.45, 7) is 7.88. The Morgan fingerprint density at radius 2 is 0.650 bits per heavy atom. The molecule has 0 bridgehead atoms. The van der Waals surface area contributed by atoms with Crippen LogP contribution in [0.2, 0.25) is 0 Å². The number of rotatable bonds is 51. The number of hydrogen-bond acceptors (Lipinski definition) is 5. The predicted octanol–water partition coefficient (Wildman–Crippen LogP) is 18.2. The van der Waals surface area contributed by atoms with Crippen LogP contribution >= 0.6 is 0 Å². The molecule has 5 nitrogen and oxygen atoms in total. The van der Waals surface area contributed by atoms with Gasteiger partial charge in [0.15, 0.2) is 6.10 Å². The molecule has 0 saturated heterocycles. The van der Waals surface area contributed by atoms with E-state index in [9.17, 15) is 9.59 Å². The number of esters is 2. The molecular weight excluding hydrogens is 741 g/mol. The zero-order valence-electron chi connectivity index (χ0n) is 41.0. The van der Waals surface area contributed by atoms with E-state index in [2.05, 4.69) is 32.9 Å². The molecule has 0 spiro atoms. The van der Waals surface area contributed by atoms with Crippen LogP contribution in [0.5, 0.6) is 0 Å². The van der Waals surface area contributed by atoms with Crippen LogP contribution in [0.4, 0.5) is 0 Å². The van der Waals surface area contributed by atoms with Gasteiger partial charge in [-0.05, 0) is 44.9 Å². The van der Waals surface area contributed by atoms with Gasteiger partial charge in [-0.3, -0.25) is 9.59 Å². The molecule has 0 aromatic carbocycles. The lowest BCUT2D eigenvalue weighted by Crippen LogP contribution is -2.30. The average Bonchev–Trinajstić information content (AvgIpc) is 3.25. The highest BCUT2D eigenvalue weighted by Crippen LogP contribution is 2.16. The summed E-state index contributed by atoms with van der Waals surface area (Å²) in [7, 11) is 0. The summed E-state index contributed by atoms with van der Waals surface area (Å²) in [4.78, 5) is 25.4. The van der Waals surface area contributed by atoms with Crippen molar-refractivity contribution in [1.29, 1.82) is 0 Å². The highest BCUT2D eigenvalue weighted by Gasteiger charge is 2.17. The normalized spacial score (nSPS) is 12.1. The maximum absolute atomic E-state index is 12.8. The van der Waals surface area contributed by atoms with Gasteiger partial charge >= 0.3 is 11.9 Å². The molecule has 0 aromatic heterocycles. The molecule has 0 aliphatic heterocycles. The third kappa shape index (κ3) is 49.3. The second kappa shape index (κ2) is 52.0. The highest BCUT2D eigenvalue weighted by molar-refractivity contribution is 5.70. The molecule has 0 aromatic rings. The van der Waals surface area contributed by atoms with Crippen molar-refractivity contribution in [3.63, 3.8) is 0 Å². The minimum Gasteiger partial charge on any atom is -0.462 e. The fourth-order valence-electron chi connectivity index (χ4n) is 8.21. The largest absolute Gasteiger partial charge is 0.462 e. The molecule has 1 atom stereocenters. The SMILES string of the molecule is CCCCCC/C=C\CCCCCCCCCC(=O)O[C@H](COCCCCCCCCCCCCCCCCCC)COC(=O)CCCCCCCCCCCCCCC. The molecule has 0 fully saturated rings. The van der Waals surface area contributed by atoms with Gasteiger partial charge in [0.1, 0.15) is 6.61 Å². The molecule has 0 radical (unpaired) electrons. The molecule has 0 rings (SSSR count). The second-order valence-corrected chi connectivity index (χ2v) is 18.5. The van der Waals surface area contributed by atoms with E-state index in [1.165, 1.54) is 238 Å². The van der Waals surface area contributed by atoms with Crippen LogP contribution in [0.15, 0.2) is 12.2 Å². The van der Waals surface area contributed by atoms with E-state index in [4.69, 9.17) is 14.2 Å². The summed E-state index contributed by atoms with van der Waals surface area (Å²) in [6.07, 6.45) is 59.3. The number of carbonyl (C=O) groups is 2. The van der Waals surface area contributed by atoms with Crippen LogP contribution in [0.1, 0.15) is 303 Å². The maximum Gasteiger partial charge on any atom is 0.306 e. The molecular formula is C55H106O5. The third-order valence-corrected chi connectivity index (χ3v) is 12.3. The first-order valence-electron chi connectivity index (χ1n) is 27.2. The minimum atomic E-state index is -0.528. The van der Waals surface area contributed by atoms with E-state index in [1.807, 2.05) is 0 Å². The monoisotopic (exact) mass is 847 g/mol. The van der Waals surface area contributed by atoms with E-state index in [0.29, 0.717) is 26.1 Å². The number of hydrogen-bond donors (Lipinski definition) is 0. The summed E-state index contributed by atoms with van der Waals surface area (Å²) >= 11 is 0. The lowest BCUT2D eigenvalue weighted by Gasteiger charge is -2.18. The summed E-state index contributed by atoms with van der Waals surface area (Å²) in [5, 5.41) is 0. The molecule has 0 amide bonds. The molecule has 0 unspecified atom stereocenters. The summed E-state index contributed by atoms with van der Waals surface area (Å²) in [5.74, 6) is -0.379. The Bertz CT molecular complexity index is 871. The number of unbranched alkanes of at least 4 members (excludes halogenated alkanes) is 38. The van der Waals surface area contributed by atoms with Crippen molar-refractivity contribution in [2.45, 2.75) is 309 Å². The van der Waals surface area contributed by atoms with Crippen LogP contribution in [0.3, 0.4) is 0 Å². The van der Waals surface area contributed by atoms with Gasteiger partial charge in [0.2, 0.25) is 0 Å². The van der Waals surface area contributed by atoms with Gasteiger partial charge in [-0.1, -0.05) is 258 Å². The van der Waals surface area contributed by atoms with Gasteiger partial charge in [-0.25, -0.2) is 0 Å². The molecule has 356 valence electrons. The zero-order chi connectivity index (χ0) is 43.5. The smallest absolute Gasteiger partial charge is 0.306 e. The van der Waals surface area contributed by atoms with Crippen molar-refractivity contribution in [3.05, 3.63) is 12.2 Å². The van der Waals surface area contributed by atoms with E-state index in [-0.39, 0.29) is 18.5 Å². The summed E-state index contributed by atoms with van der Waals surface area (Å²) < 4.78 is 17.4. The van der Waals surface area contributed by atoms with Gasteiger partial charge in [0.25, 0.3) is 0 Å². The first-order valence-corrected chi connectivity index (χ1v) is 27.2. The Labute approximate surface area is 375 Å². The Kier molecular flexibility index (Phi) is 50.8. The van der Waals surface area contributed by atoms with Crippen LogP contribution < -0.4 is 0 Å². The molecule has 0 heterocycles. The van der Waals surface area contributed by atoms with Gasteiger partial charge in [0.05, 0.1) is 6.61 Å². The van der Waals surface area contributed by atoms with Crippen molar-refractivity contribution in [3.8, 4) is 0 Å². The fraction of sp³-hybridized carbons (Fsp3) is 0.927. The molecule has 5 heteroatoms. The number of allylic oxidation sites excluding steroid dienone is 2. The first kappa shape index (κ1) is 58.6. The fourth-order valence-corrected chi connectivity index (χ4v) is 8.21. The first-order chi connectivity index (χ1) is 29.6. The molecule has 0 aliphatic carbocycles. The van der Waals surface area contributed by atoms with Gasteiger partial charge < -0.3 is 14.2 Å². The van der Waals surface area contributed by atoms with Crippen LogP contribution in [-0.4, -0.2) is 37.9 Å². The topological polar surface area (TPSA) is 61.8 Å².